The number of amides is 1. The third-order valence-electron chi connectivity index (χ3n) is 3.59. The molecule has 0 saturated heterocycles. The second kappa shape index (κ2) is 8.97. The van der Waals surface area contributed by atoms with Gasteiger partial charge in [0.25, 0.3) is 0 Å². The maximum absolute atomic E-state index is 11.5. The molecule has 1 fully saturated rings. The standard InChI is InChI=1S/C16H24N4O.HI/c1-3-4-15(21)19-13-7-5-12(6-8-13)11-18-16(17)20(2)14-9-10-14;/h5-8,14H,3-4,9-11H2,1-2H3,(H2,17,18)(H,19,21);1H. The maximum Gasteiger partial charge on any atom is 0.224 e. The molecular weight excluding hydrogens is 391 g/mol. The van der Waals surface area contributed by atoms with Crippen molar-refractivity contribution in [2.75, 3.05) is 12.4 Å². The molecule has 0 unspecified atom stereocenters. The molecule has 0 aromatic heterocycles. The normalized spacial score (nSPS) is 14.2. The number of nitrogens with one attached hydrogen (secondary N) is 1. The van der Waals surface area contributed by atoms with E-state index >= 15 is 0 Å². The highest BCUT2D eigenvalue weighted by Crippen LogP contribution is 2.24. The fourth-order valence-electron chi connectivity index (χ4n) is 2.08. The Kier molecular flexibility index (Phi) is 7.64. The predicted molar refractivity (Wildman–Crippen MR) is 102 cm³/mol. The first kappa shape index (κ1) is 18.7. The maximum atomic E-state index is 11.5. The summed E-state index contributed by atoms with van der Waals surface area (Å²) in [6, 6.07) is 8.31. The zero-order valence-electron chi connectivity index (χ0n) is 13.2. The lowest BCUT2D eigenvalue weighted by Crippen LogP contribution is -2.35. The fraction of sp³-hybridized carbons (Fsp3) is 0.500. The van der Waals surface area contributed by atoms with Gasteiger partial charge in [-0.15, -0.1) is 24.0 Å². The Balaban J connectivity index is 0.00000242. The molecule has 6 heteroatoms. The summed E-state index contributed by atoms with van der Waals surface area (Å²) in [7, 11) is 1.99. The summed E-state index contributed by atoms with van der Waals surface area (Å²) < 4.78 is 0. The van der Waals surface area contributed by atoms with Gasteiger partial charge in [0, 0.05) is 25.2 Å². The molecular formula is C16H25IN4O. The first-order valence-corrected chi connectivity index (χ1v) is 7.51. The number of nitrogens with zero attached hydrogens (tertiary/aromatic N) is 2. The molecule has 1 aromatic carbocycles. The SMILES string of the molecule is CCCC(=O)Nc1ccc(CN=C(N)N(C)C2CC2)cc1.I. The number of benzene rings is 1. The Labute approximate surface area is 149 Å². The number of carbonyl (C=O) groups excluding carboxylic acids is 1. The second-order valence-corrected chi connectivity index (χ2v) is 5.51. The molecule has 2 rings (SSSR count). The van der Waals surface area contributed by atoms with E-state index in [-0.39, 0.29) is 29.9 Å². The van der Waals surface area contributed by atoms with Crippen molar-refractivity contribution in [1.29, 1.82) is 0 Å². The van der Waals surface area contributed by atoms with Gasteiger partial charge in [-0.05, 0) is 37.0 Å². The number of halogens is 1. The summed E-state index contributed by atoms with van der Waals surface area (Å²) in [6.45, 7) is 2.55. The third kappa shape index (κ3) is 5.82. The van der Waals surface area contributed by atoms with Gasteiger partial charge in [0.2, 0.25) is 5.91 Å². The van der Waals surface area contributed by atoms with Gasteiger partial charge in [-0.25, -0.2) is 4.99 Å². The molecule has 0 heterocycles. The number of hydrogen-bond donors (Lipinski definition) is 2. The number of guanidine groups is 1. The molecule has 1 aliphatic rings. The van der Waals surface area contributed by atoms with Gasteiger partial charge in [0.1, 0.15) is 0 Å². The van der Waals surface area contributed by atoms with E-state index in [0.717, 1.165) is 17.7 Å². The van der Waals surface area contributed by atoms with Crippen LogP contribution in [0.5, 0.6) is 0 Å². The molecule has 3 N–H and O–H groups in total. The van der Waals surface area contributed by atoms with Crippen LogP contribution in [0.4, 0.5) is 5.69 Å². The molecule has 0 atom stereocenters. The zero-order chi connectivity index (χ0) is 15.2. The lowest BCUT2D eigenvalue weighted by atomic mass is 10.2. The molecule has 5 nitrogen and oxygen atoms in total. The van der Waals surface area contributed by atoms with Crippen molar-refractivity contribution in [3.63, 3.8) is 0 Å². The largest absolute Gasteiger partial charge is 0.370 e. The minimum absolute atomic E-state index is 0. The van der Waals surface area contributed by atoms with E-state index in [1.807, 2.05) is 43.1 Å². The molecule has 0 spiro atoms. The van der Waals surface area contributed by atoms with Crippen LogP contribution in [0.2, 0.25) is 0 Å². The molecule has 0 bridgehead atoms. The van der Waals surface area contributed by atoms with Gasteiger partial charge in [-0.3, -0.25) is 4.79 Å². The second-order valence-electron chi connectivity index (χ2n) is 5.51. The van der Waals surface area contributed by atoms with E-state index in [0.29, 0.717) is 25.0 Å². The summed E-state index contributed by atoms with van der Waals surface area (Å²) >= 11 is 0. The van der Waals surface area contributed by atoms with E-state index in [1.54, 1.807) is 0 Å². The molecule has 1 aromatic rings. The average Bonchev–Trinajstić information content (AvgIpc) is 3.30. The van der Waals surface area contributed by atoms with E-state index < -0.39 is 0 Å². The topological polar surface area (TPSA) is 70.7 Å². The van der Waals surface area contributed by atoms with Crippen LogP contribution in [0.15, 0.2) is 29.3 Å². The van der Waals surface area contributed by atoms with Crippen LogP contribution >= 0.6 is 24.0 Å². The number of nitrogens with two attached hydrogens (primary N) is 1. The Hall–Kier alpha value is -1.31. The van der Waals surface area contributed by atoms with Crippen molar-refractivity contribution in [2.45, 2.75) is 45.2 Å². The van der Waals surface area contributed by atoms with Crippen LogP contribution in [0.1, 0.15) is 38.2 Å². The van der Waals surface area contributed by atoms with E-state index in [2.05, 4.69) is 10.3 Å². The van der Waals surface area contributed by atoms with Crippen molar-refractivity contribution in [3.05, 3.63) is 29.8 Å². The predicted octanol–water partition coefficient (Wildman–Crippen LogP) is 2.95. The third-order valence-corrected chi connectivity index (χ3v) is 3.59. The quantitative estimate of drug-likeness (QED) is 0.426. The van der Waals surface area contributed by atoms with Crippen LogP contribution in [0.25, 0.3) is 0 Å². The molecule has 1 saturated carbocycles. The first-order chi connectivity index (χ1) is 10.1. The summed E-state index contributed by atoms with van der Waals surface area (Å²) in [5, 5.41) is 2.87. The van der Waals surface area contributed by atoms with Crippen molar-refractivity contribution in [3.8, 4) is 0 Å². The van der Waals surface area contributed by atoms with Crippen LogP contribution in [-0.2, 0) is 11.3 Å². The van der Waals surface area contributed by atoms with Crippen molar-refractivity contribution in [2.24, 2.45) is 10.7 Å². The number of anilines is 1. The highest BCUT2D eigenvalue weighted by atomic mass is 127. The van der Waals surface area contributed by atoms with Gasteiger partial charge in [-0.1, -0.05) is 19.1 Å². The lowest BCUT2D eigenvalue weighted by molar-refractivity contribution is -0.116. The smallest absolute Gasteiger partial charge is 0.224 e. The van der Waals surface area contributed by atoms with E-state index in [1.165, 1.54) is 12.8 Å². The van der Waals surface area contributed by atoms with E-state index in [9.17, 15) is 4.79 Å². The van der Waals surface area contributed by atoms with Crippen LogP contribution in [0.3, 0.4) is 0 Å². The minimum Gasteiger partial charge on any atom is -0.370 e. The Morgan fingerprint density at radius 1 is 1.36 bits per heavy atom. The molecule has 1 amide bonds. The summed E-state index contributed by atoms with van der Waals surface area (Å²) in [4.78, 5) is 18.0. The number of hydrogen-bond acceptors (Lipinski definition) is 2. The first-order valence-electron chi connectivity index (χ1n) is 7.51. The number of carbonyl (C=O) groups is 1. The summed E-state index contributed by atoms with van der Waals surface area (Å²) in [5.74, 6) is 0.649. The lowest BCUT2D eigenvalue weighted by Gasteiger charge is -2.16. The van der Waals surface area contributed by atoms with Crippen LogP contribution in [0, 0.1) is 0 Å². The van der Waals surface area contributed by atoms with Gasteiger partial charge in [0.05, 0.1) is 6.54 Å². The van der Waals surface area contributed by atoms with Crippen LogP contribution < -0.4 is 11.1 Å². The summed E-state index contributed by atoms with van der Waals surface area (Å²) in [5.41, 5.74) is 7.86. The van der Waals surface area contributed by atoms with Gasteiger partial charge in [-0.2, -0.15) is 0 Å². The van der Waals surface area contributed by atoms with Gasteiger partial charge < -0.3 is 16.0 Å². The van der Waals surface area contributed by atoms with Gasteiger partial charge >= 0.3 is 0 Å². The highest BCUT2D eigenvalue weighted by Gasteiger charge is 2.27. The average molecular weight is 416 g/mol. The fourth-order valence-corrected chi connectivity index (χ4v) is 2.08. The van der Waals surface area contributed by atoms with Gasteiger partial charge in [0.15, 0.2) is 5.96 Å². The Morgan fingerprint density at radius 2 is 2.00 bits per heavy atom. The Morgan fingerprint density at radius 3 is 2.55 bits per heavy atom. The van der Waals surface area contributed by atoms with E-state index in [4.69, 9.17) is 5.73 Å². The molecule has 0 aliphatic heterocycles. The number of aliphatic imine (C=N–C) groups is 1. The van der Waals surface area contributed by atoms with Crippen molar-refractivity contribution in [1.82, 2.24) is 4.90 Å². The van der Waals surface area contributed by atoms with Crippen LogP contribution in [-0.4, -0.2) is 29.9 Å². The van der Waals surface area contributed by atoms with Crippen molar-refractivity contribution >= 4 is 41.5 Å². The minimum atomic E-state index is 0. The summed E-state index contributed by atoms with van der Waals surface area (Å²) in [6.07, 6.45) is 3.82. The highest BCUT2D eigenvalue weighted by molar-refractivity contribution is 14.0. The monoisotopic (exact) mass is 416 g/mol. The Bertz CT molecular complexity index is 511. The number of rotatable bonds is 6. The zero-order valence-corrected chi connectivity index (χ0v) is 15.5. The van der Waals surface area contributed by atoms with Crippen molar-refractivity contribution < 1.29 is 4.79 Å². The molecule has 22 heavy (non-hydrogen) atoms. The molecule has 1 aliphatic carbocycles. The molecule has 0 radical (unpaired) electrons. The molecule has 122 valence electrons.